The molecule has 0 radical (unpaired) electrons. The first-order chi connectivity index (χ1) is 7.68. The number of ether oxygens (including phenoxy) is 1. The molecule has 0 bridgehead atoms. The lowest BCUT2D eigenvalue weighted by atomic mass is 10.2. The van der Waals surface area contributed by atoms with Crippen LogP contribution in [0, 0.1) is 5.95 Å². The third kappa shape index (κ3) is 2.08. The predicted molar refractivity (Wildman–Crippen MR) is 53.1 cm³/mol. The van der Waals surface area contributed by atoms with Crippen LogP contribution in [-0.4, -0.2) is 41.7 Å². The fourth-order valence-electron chi connectivity index (χ4n) is 1.59. The van der Waals surface area contributed by atoms with Crippen LogP contribution in [0.15, 0.2) is 12.4 Å². The Morgan fingerprint density at radius 1 is 1.62 bits per heavy atom. The predicted octanol–water partition coefficient (Wildman–Crippen LogP) is -0.694. The summed E-state index contributed by atoms with van der Waals surface area (Å²) < 4.78 is 18.1. The second kappa shape index (κ2) is 4.40. The van der Waals surface area contributed by atoms with Crippen molar-refractivity contribution in [2.45, 2.75) is 6.04 Å². The van der Waals surface area contributed by atoms with Gasteiger partial charge >= 0.3 is 0 Å². The van der Waals surface area contributed by atoms with Crippen LogP contribution in [0.5, 0.6) is 0 Å². The topological polar surface area (TPSA) is 81.3 Å². The number of anilines is 1. The largest absolute Gasteiger partial charge is 0.377 e. The van der Waals surface area contributed by atoms with Crippen LogP contribution < -0.4 is 10.6 Å². The molecule has 1 atom stereocenters. The average Bonchev–Trinajstić information content (AvgIpc) is 2.29. The van der Waals surface area contributed by atoms with E-state index < -0.39 is 17.9 Å². The van der Waals surface area contributed by atoms with Crippen molar-refractivity contribution in [2.24, 2.45) is 5.73 Å². The molecular weight excluding hydrogens is 215 g/mol. The number of rotatable bonds is 2. The van der Waals surface area contributed by atoms with Gasteiger partial charge in [-0.2, -0.15) is 4.39 Å². The van der Waals surface area contributed by atoms with Gasteiger partial charge in [-0.3, -0.25) is 4.79 Å². The number of carbonyl (C=O) groups excluding carboxylic acids is 1. The maximum atomic E-state index is 12.9. The molecule has 0 spiro atoms. The van der Waals surface area contributed by atoms with E-state index in [1.54, 1.807) is 4.90 Å². The molecule has 6 nitrogen and oxygen atoms in total. The molecule has 2 heterocycles. The van der Waals surface area contributed by atoms with Gasteiger partial charge in [-0.1, -0.05) is 0 Å². The Hall–Kier alpha value is -1.76. The summed E-state index contributed by atoms with van der Waals surface area (Å²) >= 11 is 0. The molecular formula is C9H11FN4O2. The number of carbonyl (C=O) groups is 1. The van der Waals surface area contributed by atoms with Gasteiger partial charge in [-0.25, -0.2) is 9.97 Å². The molecule has 1 unspecified atom stereocenters. The van der Waals surface area contributed by atoms with Crippen molar-refractivity contribution in [3.63, 3.8) is 0 Å². The minimum atomic E-state index is -0.639. The Balaban J connectivity index is 2.26. The number of aromatic nitrogens is 2. The van der Waals surface area contributed by atoms with Crippen LogP contribution in [0.25, 0.3) is 0 Å². The van der Waals surface area contributed by atoms with E-state index in [9.17, 15) is 9.18 Å². The van der Waals surface area contributed by atoms with Crippen molar-refractivity contribution in [2.75, 3.05) is 24.7 Å². The highest BCUT2D eigenvalue weighted by Crippen LogP contribution is 2.16. The molecule has 1 aromatic heterocycles. The van der Waals surface area contributed by atoms with Crippen LogP contribution >= 0.6 is 0 Å². The van der Waals surface area contributed by atoms with Crippen molar-refractivity contribution in [1.82, 2.24) is 9.97 Å². The molecule has 1 fully saturated rings. The lowest BCUT2D eigenvalue weighted by Gasteiger charge is -2.34. The molecule has 1 amide bonds. The summed E-state index contributed by atoms with van der Waals surface area (Å²) in [6.45, 7) is 1.10. The first-order valence-electron chi connectivity index (χ1n) is 4.80. The fourth-order valence-corrected chi connectivity index (χ4v) is 1.59. The minimum absolute atomic E-state index is 0.195. The van der Waals surface area contributed by atoms with Gasteiger partial charge in [0.05, 0.1) is 13.2 Å². The summed E-state index contributed by atoms with van der Waals surface area (Å²) in [5, 5.41) is 0. The molecule has 2 N–H and O–H groups in total. The Morgan fingerprint density at radius 2 is 2.44 bits per heavy atom. The fraction of sp³-hybridized carbons (Fsp3) is 0.444. The summed E-state index contributed by atoms with van der Waals surface area (Å²) in [6.07, 6.45) is 1.11. The maximum absolute atomic E-state index is 12.9. The summed E-state index contributed by atoms with van der Waals surface area (Å²) in [5.74, 6) is -0.807. The summed E-state index contributed by atoms with van der Waals surface area (Å²) in [7, 11) is 0. The van der Waals surface area contributed by atoms with Crippen LogP contribution in [-0.2, 0) is 9.53 Å². The van der Waals surface area contributed by atoms with E-state index in [1.807, 2.05) is 0 Å². The van der Waals surface area contributed by atoms with Crippen molar-refractivity contribution < 1.29 is 13.9 Å². The highest BCUT2D eigenvalue weighted by molar-refractivity contribution is 5.83. The molecule has 2 rings (SSSR count). The molecule has 16 heavy (non-hydrogen) atoms. The molecule has 1 aliphatic heterocycles. The van der Waals surface area contributed by atoms with Crippen molar-refractivity contribution in [1.29, 1.82) is 0 Å². The van der Waals surface area contributed by atoms with Crippen molar-refractivity contribution >= 4 is 11.7 Å². The zero-order valence-corrected chi connectivity index (χ0v) is 8.47. The number of nitrogens with two attached hydrogens (primary N) is 1. The molecule has 7 heteroatoms. The number of halogens is 1. The SMILES string of the molecule is NC(=O)C1COCCN1c1cc(F)ncn1. The Bertz CT molecular complexity index is 401. The zero-order chi connectivity index (χ0) is 11.5. The van der Waals surface area contributed by atoms with Gasteiger partial charge in [-0.05, 0) is 0 Å². The minimum Gasteiger partial charge on any atom is -0.377 e. The smallest absolute Gasteiger partial charge is 0.242 e. The molecule has 1 saturated heterocycles. The first-order valence-corrected chi connectivity index (χ1v) is 4.80. The summed E-state index contributed by atoms with van der Waals surface area (Å²) in [4.78, 5) is 20.1. The molecule has 1 aliphatic rings. The monoisotopic (exact) mass is 226 g/mol. The van der Waals surface area contributed by atoms with E-state index in [-0.39, 0.29) is 6.61 Å². The van der Waals surface area contributed by atoms with E-state index in [2.05, 4.69) is 9.97 Å². The number of hydrogen-bond donors (Lipinski definition) is 1. The first kappa shape index (κ1) is 10.7. The quantitative estimate of drug-likeness (QED) is 0.675. The highest BCUT2D eigenvalue weighted by Gasteiger charge is 2.28. The van der Waals surface area contributed by atoms with Crippen LogP contribution in [0.2, 0.25) is 0 Å². The number of primary amides is 1. The normalized spacial score (nSPS) is 20.8. The second-order valence-electron chi connectivity index (χ2n) is 3.39. The maximum Gasteiger partial charge on any atom is 0.242 e. The van der Waals surface area contributed by atoms with Gasteiger partial charge in [0.1, 0.15) is 18.2 Å². The Labute approximate surface area is 91.2 Å². The number of morpholine rings is 1. The third-order valence-corrected chi connectivity index (χ3v) is 2.37. The zero-order valence-electron chi connectivity index (χ0n) is 8.47. The molecule has 0 saturated carbocycles. The molecule has 0 aliphatic carbocycles. The van der Waals surface area contributed by atoms with E-state index >= 15 is 0 Å². The number of nitrogens with zero attached hydrogens (tertiary/aromatic N) is 3. The van der Waals surface area contributed by atoms with Crippen LogP contribution in [0.3, 0.4) is 0 Å². The third-order valence-electron chi connectivity index (χ3n) is 2.37. The average molecular weight is 226 g/mol. The van der Waals surface area contributed by atoms with Crippen LogP contribution in [0.1, 0.15) is 0 Å². The van der Waals surface area contributed by atoms with E-state index in [1.165, 1.54) is 6.07 Å². The Kier molecular flexibility index (Phi) is 2.95. The van der Waals surface area contributed by atoms with Gasteiger partial charge < -0.3 is 15.4 Å². The molecule has 86 valence electrons. The van der Waals surface area contributed by atoms with Gasteiger partial charge in [0, 0.05) is 12.6 Å². The highest BCUT2D eigenvalue weighted by atomic mass is 19.1. The Morgan fingerprint density at radius 3 is 3.12 bits per heavy atom. The van der Waals surface area contributed by atoms with Gasteiger partial charge in [-0.15, -0.1) is 0 Å². The van der Waals surface area contributed by atoms with E-state index in [0.29, 0.717) is 19.0 Å². The standard InChI is InChI=1S/C9H11FN4O2/c10-7-3-8(13-5-12-7)14-1-2-16-4-6(14)9(11)15/h3,5-6H,1-2,4H2,(H2,11,15). The molecule has 1 aromatic rings. The van der Waals surface area contributed by atoms with Gasteiger partial charge in [0.25, 0.3) is 0 Å². The van der Waals surface area contributed by atoms with Crippen molar-refractivity contribution in [3.8, 4) is 0 Å². The second-order valence-corrected chi connectivity index (χ2v) is 3.39. The number of amides is 1. The molecule has 0 aromatic carbocycles. The number of hydrogen-bond acceptors (Lipinski definition) is 5. The van der Waals surface area contributed by atoms with Crippen molar-refractivity contribution in [3.05, 3.63) is 18.3 Å². The van der Waals surface area contributed by atoms with E-state index in [0.717, 1.165) is 6.33 Å². The lowest BCUT2D eigenvalue weighted by Crippen LogP contribution is -2.53. The lowest BCUT2D eigenvalue weighted by molar-refractivity contribution is -0.121. The summed E-state index contributed by atoms with van der Waals surface area (Å²) in [6, 6.07) is 0.560. The van der Waals surface area contributed by atoms with Gasteiger partial charge in [0.15, 0.2) is 0 Å². The van der Waals surface area contributed by atoms with Gasteiger partial charge in [0.2, 0.25) is 11.9 Å². The van der Waals surface area contributed by atoms with E-state index in [4.69, 9.17) is 10.5 Å². The van der Waals surface area contributed by atoms with Crippen LogP contribution in [0.4, 0.5) is 10.2 Å². The summed E-state index contributed by atoms with van der Waals surface area (Å²) in [5.41, 5.74) is 5.24.